The molecule has 1 heterocycles. The Morgan fingerprint density at radius 2 is 0.672 bits per heavy atom. The van der Waals surface area contributed by atoms with Crippen LogP contribution in [-0.4, -0.2) is 15.0 Å². The molecule has 0 atom stereocenters. The molecule has 270 valence electrons. The molecule has 0 aliphatic rings. The van der Waals surface area contributed by atoms with E-state index < -0.39 is 0 Å². The number of rotatable bonds is 6. The summed E-state index contributed by atoms with van der Waals surface area (Å²) >= 11 is 0. The molecule has 0 radical (unpaired) electrons. The number of hydrogen-bond donors (Lipinski definition) is 0. The molecule has 0 bridgehead atoms. The van der Waals surface area contributed by atoms with E-state index in [1.807, 2.05) is 0 Å². The number of benzene rings is 10. The van der Waals surface area contributed by atoms with Crippen molar-refractivity contribution >= 4 is 43.1 Å². The minimum absolute atomic E-state index is 0.632. The summed E-state index contributed by atoms with van der Waals surface area (Å²) in [6.45, 7) is 0. The zero-order valence-electron chi connectivity index (χ0n) is 31.5. The summed E-state index contributed by atoms with van der Waals surface area (Å²) in [5.41, 5.74) is 9.90. The van der Waals surface area contributed by atoms with Gasteiger partial charge >= 0.3 is 0 Å². The molecule has 0 unspecified atom stereocenters. The maximum absolute atomic E-state index is 5.23. The zero-order valence-corrected chi connectivity index (χ0v) is 31.5. The van der Waals surface area contributed by atoms with Crippen molar-refractivity contribution in [1.82, 2.24) is 15.0 Å². The maximum Gasteiger partial charge on any atom is 0.164 e. The van der Waals surface area contributed by atoms with Crippen molar-refractivity contribution in [2.24, 2.45) is 0 Å². The highest BCUT2D eigenvalue weighted by molar-refractivity contribution is 5.99. The van der Waals surface area contributed by atoms with E-state index in [1.165, 1.54) is 49.4 Å². The lowest BCUT2D eigenvalue weighted by Crippen LogP contribution is -2.00. The maximum atomic E-state index is 5.23. The van der Waals surface area contributed by atoms with Gasteiger partial charge in [0.2, 0.25) is 0 Å². The van der Waals surface area contributed by atoms with Gasteiger partial charge in [-0.25, -0.2) is 15.0 Å². The van der Waals surface area contributed by atoms with Gasteiger partial charge in [0.1, 0.15) is 0 Å². The van der Waals surface area contributed by atoms with Crippen molar-refractivity contribution in [1.29, 1.82) is 0 Å². The van der Waals surface area contributed by atoms with E-state index in [0.717, 1.165) is 43.8 Å². The highest BCUT2D eigenvalue weighted by Gasteiger charge is 2.16. The van der Waals surface area contributed by atoms with Gasteiger partial charge in [0, 0.05) is 16.7 Å². The van der Waals surface area contributed by atoms with E-state index in [2.05, 4.69) is 212 Å². The first kappa shape index (κ1) is 33.6. The van der Waals surface area contributed by atoms with Crippen molar-refractivity contribution in [3.05, 3.63) is 212 Å². The molecule has 0 spiro atoms. The second-order valence-corrected chi connectivity index (χ2v) is 14.9. The molecule has 0 fully saturated rings. The predicted octanol–water partition coefficient (Wildman–Crippen LogP) is 14.5. The Morgan fingerprint density at radius 3 is 1.47 bits per heavy atom. The number of aromatic nitrogens is 3. The molecule has 11 rings (SSSR count). The van der Waals surface area contributed by atoms with Gasteiger partial charge in [-0.2, -0.15) is 0 Å². The van der Waals surface area contributed by atoms with Crippen molar-refractivity contribution in [2.45, 2.75) is 0 Å². The summed E-state index contributed by atoms with van der Waals surface area (Å²) in [5.74, 6) is 1.91. The molecule has 0 aliphatic carbocycles. The van der Waals surface area contributed by atoms with Crippen LogP contribution in [0.2, 0.25) is 0 Å². The second kappa shape index (κ2) is 14.1. The third-order valence-electron chi connectivity index (χ3n) is 11.3. The van der Waals surface area contributed by atoms with Gasteiger partial charge in [-0.05, 0) is 101 Å². The van der Waals surface area contributed by atoms with Gasteiger partial charge in [0.15, 0.2) is 17.5 Å². The Hall–Kier alpha value is -7.75. The Kier molecular flexibility index (Phi) is 8.15. The normalized spacial score (nSPS) is 11.4. The minimum Gasteiger partial charge on any atom is -0.208 e. The largest absolute Gasteiger partial charge is 0.208 e. The Balaban J connectivity index is 1.04. The molecule has 0 N–H and O–H groups in total. The molecule has 0 amide bonds. The van der Waals surface area contributed by atoms with Gasteiger partial charge in [-0.3, -0.25) is 0 Å². The van der Waals surface area contributed by atoms with Crippen LogP contribution >= 0.6 is 0 Å². The summed E-state index contributed by atoms with van der Waals surface area (Å²) in [5, 5.41) is 9.44. The van der Waals surface area contributed by atoms with Crippen LogP contribution in [0.5, 0.6) is 0 Å². The average molecular weight is 738 g/mol. The molecule has 0 saturated carbocycles. The van der Waals surface area contributed by atoms with Gasteiger partial charge in [0.05, 0.1) is 0 Å². The van der Waals surface area contributed by atoms with Crippen LogP contribution in [0.4, 0.5) is 0 Å². The van der Waals surface area contributed by atoms with Crippen molar-refractivity contribution < 1.29 is 0 Å². The molecule has 11 aromatic rings. The topological polar surface area (TPSA) is 38.7 Å². The van der Waals surface area contributed by atoms with Crippen LogP contribution in [0, 0.1) is 0 Å². The quantitative estimate of drug-likeness (QED) is 0.171. The van der Waals surface area contributed by atoms with Crippen molar-refractivity contribution in [3.63, 3.8) is 0 Å². The molecule has 0 saturated heterocycles. The summed E-state index contributed by atoms with van der Waals surface area (Å²) in [6.07, 6.45) is 0. The van der Waals surface area contributed by atoms with Crippen LogP contribution < -0.4 is 0 Å². The molecule has 3 heteroatoms. The van der Waals surface area contributed by atoms with Crippen LogP contribution in [0.15, 0.2) is 212 Å². The highest BCUT2D eigenvalue weighted by atomic mass is 15.0. The van der Waals surface area contributed by atoms with Crippen molar-refractivity contribution in [2.75, 3.05) is 0 Å². The van der Waals surface area contributed by atoms with Gasteiger partial charge in [-0.15, -0.1) is 0 Å². The fourth-order valence-electron chi connectivity index (χ4n) is 8.25. The second-order valence-electron chi connectivity index (χ2n) is 14.9. The van der Waals surface area contributed by atoms with Crippen molar-refractivity contribution in [3.8, 4) is 67.5 Å². The third-order valence-corrected chi connectivity index (χ3v) is 11.3. The van der Waals surface area contributed by atoms with E-state index in [4.69, 9.17) is 15.0 Å². The van der Waals surface area contributed by atoms with E-state index in [-0.39, 0.29) is 0 Å². The fraction of sp³-hybridized carbons (Fsp3) is 0. The lowest BCUT2D eigenvalue weighted by Gasteiger charge is -2.12. The van der Waals surface area contributed by atoms with E-state index in [0.29, 0.717) is 17.5 Å². The number of nitrogens with zero attached hydrogens (tertiary/aromatic N) is 3. The van der Waals surface area contributed by atoms with E-state index >= 15 is 0 Å². The molecular weight excluding hydrogens is 703 g/mol. The highest BCUT2D eigenvalue weighted by Crippen LogP contribution is 2.35. The smallest absolute Gasteiger partial charge is 0.164 e. The first-order valence-electron chi connectivity index (χ1n) is 19.7. The lowest BCUT2D eigenvalue weighted by molar-refractivity contribution is 1.08. The summed E-state index contributed by atoms with van der Waals surface area (Å²) < 4.78 is 0. The summed E-state index contributed by atoms with van der Waals surface area (Å²) in [4.78, 5) is 15.6. The first-order valence-corrected chi connectivity index (χ1v) is 19.7. The monoisotopic (exact) mass is 737 g/mol. The Labute approximate surface area is 336 Å². The molecular formula is C55H35N3. The van der Waals surface area contributed by atoms with Crippen LogP contribution in [0.3, 0.4) is 0 Å². The standard InChI is InChI=1S/C55H35N3/c1-2-10-36(11-3-1)43-30-31-51-46(33-43)16-9-19-52(51)55-57-53(41-25-23-40(24-26-41)50-18-8-15-39-13-6-7-17-49(39)50)56-54(58-55)47-29-22-38-21-28-45(34-48(38)35-47)44-27-20-37-12-4-5-14-42(37)32-44/h1-35H. The van der Waals surface area contributed by atoms with Crippen LogP contribution in [0.25, 0.3) is 111 Å². The van der Waals surface area contributed by atoms with Gasteiger partial charge in [-0.1, -0.05) is 188 Å². The molecule has 0 aliphatic heterocycles. The fourth-order valence-corrected chi connectivity index (χ4v) is 8.25. The lowest BCUT2D eigenvalue weighted by atomic mass is 9.97. The van der Waals surface area contributed by atoms with E-state index in [9.17, 15) is 0 Å². The molecule has 3 nitrogen and oxygen atoms in total. The summed E-state index contributed by atoms with van der Waals surface area (Å²) in [7, 11) is 0. The van der Waals surface area contributed by atoms with Gasteiger partial charge in [0.25, 0.3) is 0 Å². The Bertz CT molecular complexity index is 3330. The number of fused-ring (bicyclic) bond motifs is 4. The number of hydrogen-bond acceptors (Lipinski definition) is 3. The van der Waals surface area contributed by atoms with E-state index in [1.54, 1.807) is 0 Å². The minimum atomic E-state index is 0.632. The molecule has 10 aromatic carbocycles. The van der Waals surface area contributed by atoms with Crippen LogP contribution in [-0.2, 0) is 0 Å². The molecule has 1 aromatic heterocycles. The first-order chi connectivity index (χ1) is 28.7. The molecule has 58 heavy (non-hydrogen) atoms. The predicted molar refractivity (Wildman–Crippen MR) is 242 cm³/mol. The van der Waals surface area contributed by atoms with Gasteiger partial charge < -0.3 is 0 Å². The average Bonchev–Trinajstić information content (AvgIpc) is 3.30. The third kappa shape index (κ3) is 6.16. The summed E-state index contributed by atoms with van der Waals surface area (Å²) in [6, 6.07) is 75.5. The van der Waals surface area contributed by atoms with Crippen LogP contribution in [0.1, 0.15) is 0 Å². The zero-order chi connectivity index (χ0) is 38.4. The SMILES string of the molecule is c1ccc(-c2ccc3c(-c4nc(-c5ccc(-c6cccc7ccccc67)cc5)nc(-c5ccc6ccc(-c7ccc8ccccc8c7)cc6c5)n4)cccc3c2)cc1. The Morgan fingerprint density at radius 1 is 0.207 bits per heavy atom.